The van der Waals surface area contributed by atoms with Gasteiger partial charge in [-0.1, -0.05) is 35.9 Å². The van der Waals surface area contributed by atoms with Gasteiger partial charge in [-0.2, -0.15) is 18.3 Å². The molecule has 160 valence electrons. The summed E-state index contributed by atoms with van der Waals surface area (Å²) in [4.78, 5) is 0.695. The van der Waals surface area contributed by atoms with Gasteiger partial charge in [-0.25, -0.2) is 13.1 Å². The summed E-state index contributed by atoms with van der Waals surface area (Å²) in [5, 5.41) is 5.77. The van der Waals surface area contributed by atoms with Crippen LogP contribution in [0.15, 0.2) is 70.9 Å². The highest BCUT2D eigenvalue weighted by Gasteiger charge is 2.35. The fourth-order valence-electron chi connectivity index (χ4n) is 3.03. The van der Waals surface area contributed by atoms with Crippen LogP contribution in [0.5, 0.6) is 0 Å². The molecule has 4 nitrogen and oxygen atoms in total. The number of sulfone groups is 1. The van der Waals surface area contributed by atoms with E-state index < -0.39 is 21.7 Å². The summed E-state index contributed by atoms with van der Waals surface area (Å²) in [6, 6.07) is 15.6. The standard InChI is InChI=1S/C21H14ClF3N2O2S2/c1-31(28,29)15-6-4-5-13(9-15)14-10-19(30-12-14)18-11-20(21(23,24)25)26-27(18)17-8-3-2-7-16(17)22/h2-12H,1H3. The van der Waals surface area contributed by atoms with Crippen molar-refractivity contribution in [2.45, 2.75) is 11.1 Å². The van der Waals surface area contributed by atoms with Gasteiger partial charge in [0.05, 0.1) is 26.2 Å². The van der Waals surface area contributed by atoms with E-state index in [9.17, 15) is 21.6 Å². The van der Waals surface area contributed by atoms with E-state index in [4.69, 9.17) is 11.6 Å². The van der Waals surface area contributed by atoms with Crippen molar-refractivity contribution in [2.75, 3.05) is 6.26 Å². The first-order valence-electron chi connectivity index (χ1n) is 8.85. The minimum atomic E-state index is -4.62. The largest absolute Gasteiger partial charge is 0.435 e. The minimum absolute atomic E-state index is 0.165. The van der Waals surface area contributed by atoms with Crippen LogP contribution in [0, 0.1) is 0 Å². The number of hydrogen-bond acceptors (Lipinski definition) is 4. The Kier molecular flexibility index (Phi) is 5.45. The predicted molar refractivity (Wildman–Crippen MR) is 115 cm³/mol. The average molecular weight is 483 g/mol. The molecule has 0 radical (unpaired) electrons. The summed E-state index contributed by atoms with van der Waals surface area (Å²) in [6.07, 6.45) is -3.50. The Morgan fingerprint density at radius 2 is 1.74 bits per heavy atom. The van der Waals surface area contributed by atoms with Gasteiger partial charge in [-0.3, -0.25) is 0 Å². The molecule has 2 aromatic carbocycles. The lowest BCUT2D eigenvalue weighted by Gasteiger charge is -2.08. The highest BCUT2D eigenvalue weighted by atomic mass is 35.5. The van der Waals surface area contributed by atoms with Crippen molar-refractivity contribution in [3.05, 3.63) is 76.8 Å². The van der Waals surface area contributed by atoms with Gasteiger partial charge >= 0.3 is 6.18 Å². The number of halogens is 4. The van der Waals surface area contributed by atoms with Crippen LogP contribution < -0.4 is 0 Å². The highest BCUT2D eigenvalue weighted by molar-refractivity contribution is 7.90. The number of rotatable bonds is 4. The molecule has 0 spiro atoms. The molecular weight excluding hydrogens is 469 g/mol. The molecule has 0 aliphatic rings. The normalized spacial score (nSPS) is 12.3. The molecule has 0 aliphatic heterocycles. The van der Waals surface area contributed by atoms with Crippen LogP contribution in [0.25, 0.3) is 27.4 Å². The van der Waals surface area contributed by atoms with Crippen molar-refractivity contribution in [3.63, 3.8) is 0 Å². The van der Waals surface area contributed by atoms with Crippen LogP contribution in [0.1, 0.15) is 5.69 Å². The summed E-state index contributed by atoms with van der Waals surface area (Å²) in [5.74, 6) is 0. The quantitative estimate of drug-likeness (QED) is 0.341. The summed E-state index contributed by atoms with van der Waals surface area (Å²) >= 11 is 7.44. The molecule has 0 unspecified atom stereocenters. The molecule has 0 N–H and O–H groups in total. The van der Waals surface area contributed by atoms with Gasteiger partial charge in [0.1, 0.15) is 0 Å². The Bertz CT molecular complexity index is 1380. The zero-order valence-corrected chi connectivity index (χ0v) is 18.3. The first kappa shape index (κ1) is 21.6. The van der Waals surface area contributed by atoms with Gasteiger partial charge in [0.2, 0.25) is 0 Å². The summed E-state index contributed by atoms with van der Waals surface area (Å²) in [5.41, 5.74) is 0.854. The summed E-state index contributed by atoms with van der Waals surface area (Å²) < 4.78 is 65.0. The van der Waals surface area contributed by atoms with Gasteiger partial charge in [0, 0.05) is 6.26 Å². The Morgan fingerprint density at radius 3 is 2.42 bits per heavy atom. The van der Waals surface area contributed by atoms with E-state index in [2.05, 4.69) is 5.10 Å². The van der Waals surface area contributed by atoms with E-state index in [0.29, 0.717) is 21.7 Å². The molecule has 0 amide bonds. The topological polar surface area (TPSA) is 52.0 Å². The van der Waals surface area contributed by atoms with Crippen molar-refractivity contribution in [2.24, 2.45) is 0 Å². The smallest absolute Gasteiger partial charge is 0.230 e. The molecule has 10 heteroatoms. The maximum absolute atomic E-state index is 13.4. The van der Waals surface area contributed by atoms with Crippen molar-refractivity contribution >= 4 is 32.8 Å². The lowest BCUT2D eigenvalue weighted by molar-refractivity contribution is -0.141. The van der Waals surface area contributed by atoms with E-state index in [1.807, 2.05) is 0 Å². The lowest BCUT2D eigenvalue weighted by Crippen LogP contribution is -2.07. The van der Waals surface area contributed by atoms with Crippen LogP contribution in [0.4, 0.5) is 13.2 Å². The molecule has 31 heavy (non-hydrogen) atoms. The zero-order chi connectivity index (χ0) is 22.4. The van der Waals surface area contributed by atoms with E-state index in [1.54, 1.807) is 47.8 Å². The van der Waals surface area contributed by atoms with Gasteiger partial charge < -0.3 is 0 Å². The maximum atomic E-state index is 13.4. The van der Waals surface area contributed by atoms with Crippen LogP contribution in [0.3, 0.4) is 0 Å². The second kappa shape index (κ2) is 7.81. The minimum Gasteiger partial charge on any atom is -0.230 e. The van der Waals surface area contributed by atoms with Crippen molar-refractivity contribution in [3.8, 4) is 27.4 Å². The van der Waals surface area contributed by atoms with Crippen LogP contribution in [-0.4, -0.2) is 24.5 Å². The molecule has 2 aromatic heterocycles. The van der Waals surface area contributed by atoms with Crippen molar-refractivity contribution < 1.29 is 21.6 Å². The molecule has 0 atom stereocenters. The highest BCUT2D eigenvalue weighted by Crippen LogP contribution is 2.38. The SMILES string of the molecule is CS(=O)(=O)c1cccc(-c2csc(-c3cc(C(F)(F)F)nn3-c3ccccc3Cl)c2)c1. The molecule has 4 aromatic rings. The van der Waals surface area contributed by atoms with E-state index in [1.165, 1.54) is 28.2 Å². The number of thiophene rings is 1. The molecule has 4 rings (SSSR count). The molecular formula is C21H14ClF3N2O2S2. The van der Waals surface area contributed by atoms with Crippen molar-refractivity contribution in [1.82, 2.24) is 9.78 Å². The van der Waals surface area contributed by atoms with Gasteiger partial charge in [-0.05, 0) is 52.9 Å². The summed E-state index contributed by atoms with van der Waals surface area (Å²) in [7, 11) is -3.39. The van der Waals surface area contributed by atoms with Crippen LogP contribution in [-0.2, 0) is 16.0 Å². The van der Waals surface area contributed by atoms with Crippen molar-refractivity contribution in [1.29, 1.82) is 0 Å². The van der Waals surface area contributed by atoms with Gasteiger partial charge in [0.25, 0.3) is 0 Å². The molecule has 0 aliphatic carbocycles. The second-order valence-corrected chi connectivity index (χ2v) is 10.1. The Hall–Kier alpha value is -2.62. The molecule has 0 fully saturated rings. The zero-order valence-electron chi connectivity index (χ0n) is 15.9. The number of aromatic nitrogens is 2. The fraction of sp³-hybridized carbons (Fsp3) is 0.0952. The third-order valence-electron chi connectivity index (χ3n) is 4.53. The molecule has 0 saturated carbocycles. The first-order valence-corrected chi connectivity index (χ1v) is 12.0. The number of nitrogens with zero attached hydrogens (tertiary/aromatic N) is 2. The molecule has 0 bridgehead atoms. The average Bonchev–Trinajstić information content (AvgIpc) is 3.35. The fourth-order valence-corrected chi connectivity index (χ4v) is 4.83. The molecule has 2 heterocycles. The van der Waals surface area contributed by atoms with E-state index in [-0.39, 0.29) is 15.6 Å². The van der Waals surface area contributed by atoms with E-state index >= 15 is 0 Å². The number of para-hydroxylation sites is 1. The van der Waals surface area contributed by atoms with Crippen LogP contribution in [0.2, 0.25) is 5.02 Å². The molecule has 0 saturated heterocycles. The Balaban J connectivity index is 1.84. The third kappa shape index (κ3) is 4.39. The van der Waals surface area contributed by atoms with E-state index in [0.717, 1.165) is 12.3 Å². The van der Waals surface area contributed by atoms with Crippen LogP contribution >= 0.6 is 22.9 Å². The Labute approximate surface area is 185 Å². The predicted octanol–water partition coefficient (Wildman–Crippen LogP) is 6.34. The van der Waals surface area contributed by atoms with Gasteiger partial charge in [0.15, 0.2) is 15.5 Å². The first-order chi connectivity index (χ1) is 14.5. The maximum Gasteiger partial charge on any atom is 0.435 e. The number of alkyl halides is 3. The number of benzene rings is 2. The Morgan fingerprint density at radius 1 is 1.00 bits per heavy atom. The number of hydrogen-bond donors (Lipinski definition) is 0. The monoisotopic (exact) mass is 482 g/mol. The summed E-state index contributed by atoms with van der Waals surface area (Å²) in [6.45, 7) is 0. The lowest BCUT2D eigenvalue weighted by atomic mass is 10.1. The van der Waals surface area contributed by atoms with Gasteiger partial charge in [-0.15, -0.1) is 11.3 Å². The second-order valence-electron chi connectivity index (χ2n) is 6.78. The third-order valence-corrected chi connectivity index (χ3v) is 6.91.